The zero-order valence-electron chi connectivity index (χ0n) is 44.1. The molecule has 8 nitrogen and oxygen atoms in total. The third-order valence-corrected chi connectivity index (χ3v) is 12.8. The number of rotatable bonds is 49. The van der Waals surface area contributed by atoms with Gasteiger partial charge in [0.25, 0.3) is 0 Å². The van der Waals surface area contributed by atoms with Crippen molar-refractivity contribution in [2.75, 3.05) is 40.9 Å². The highest BCUT2D eigenvalue weighted by molar-refractivity contribution is 7.47. The zero-order chi connectivity index (χ0) is 49.2. The summed E-state index contributed by atoms with van der Waals surface area (Å²) in [4.78, 5) is 23.3. The van der Waals surface area contributed by atoms with E-state index in [4.69, 9.17) is 9.05 Å². The number of hydrogen-bond donors (Lipinski definition) is 3. The molecule has 0 bridgehead atoms. The van der Waals surface area contributed by atoms with E-state index in [-0.39, 0.29) is 19.1 Å². The van der Waals surface area contributed by atoms with E-state index < -0.39 is 20.0 Å². The molecular formula is C58H106N2O6P+. The predicted molar refractivity (Wildman–Crippen MR) is 290 cm³/mol. The Bertz CT molecular complexity index is 1360. The van der Waals surface area contributed by atoms with Gasteiger partial charge in [0.05, 0.1) is 39.9 Å². The number of hydrogen-bond acceptors (Lipinski definition) is 5. The summed E-state index contributed by atoms with van der Waals surface area (Å²) in [7, 11) is 1.54. The van der Waals surface area contributed by atoms with Crippen LogP contribution in [0.15, 0.2) is 85.1 Å². The molecule has 0 aromatic heterocycles. The van der Waals surface area contributed by atoms with Crippen LogP contribution in [-0.2, 0) is 18.4 Å². The lowest BCUT2D eigenvalue weighted by molar-refractivity contribution is -0.870. The Labute approximate surface area is 414 Å². The van der Waals surface area contributed by atoms with E-state index >= 15 is 0 Å². The number of allylic oxidation sites excluding steroid dienone is 13. The van der Waals surface area contributed by atoms with Gasteiger partial charge in [-0.3, -0.25) is 13.8 Å². The van der Waals surface area contributed by atoms with Gasteiger partial charge in [0, 0.05) is 6.42 Å². The number of unbranched alkanes of at least 4 members (excludes halogenated alkanes) is 24. The van der Waals surface area contributed by atoms with Crippen molar-refractivity contribution >= 4 is 13.7 Å². The molecule has 0 aliphatic rings. The first-order chi connectivity index (χ1) is 32.5. The second-order valence-electron chi connectivity index (χ2n) is 19.6. The van der Waals surface area contributed by atoms with Crippen molar-refractivity contribution in [2.24, 2.45) is 0 Å². The predicted octanol–water partition coefficient (Wildman–Crippen LogP) is 16.5. The van der Waals surface area contributed by atoms with Gasteiger partial charge < -0.3 is 19.8 Å². The minimum absolute atomic E-state index is 0.0509. The number of phosphoric ester groups is 1. The average Bonchev–Trinajstić information content (AvgIpc) is 3.29. The molecule has 0 aromatic carbocycles. The summed E-state index contributed by atoms with van der Waals surface area (Å²) in [6, 6.07) is -0.873. The van der Waals surface area contributed by atoms with E-state index in [0.29, 0.717) is 17.4 Å². The van der Waals surface area contributed by atoms with Gasteiger partial charge in [-0.25, -0.2) is 4.57 Å². The Morgan fingerprint density at radius 1 is 0.522 bits per heavy atom. The molecule has 9 heteroatoms. The zero-order valence-corrected chi connectivity index (χ0v) is 45.0. The maximum Gasteiger partial charge on any atom is 0.472 e. The van der Waals surface area contributed by atoms with Crippen molar-refractivity contribution in [3.05, 3.63) is 85.1 Å². The van der Waals surface area contributed by atoms with Gasteiger partial charge in [-0.1, -0.05) is 221 Å². The smallest absolute Gasteiger partial charge is 0.387 e. The first-order valence-electron chi connectivity index (χ1n) is 27.5. The van der Waals surface area contributed by atoms with Crippen molar-refractivity contribution in [3.8, 4) is 0 Å². The SMILES string of the molecule is CC/C=C\C/C=C\C/C=C\C/C=C\CCCCCCCCCCCCCCCCCCC(=O)NC(COP(=O)(O)OCC[N+](C)(C)C)C(O)/C=C/CC/C=C/CC/C=C/CCCCCCCC. The molecule has 3 N–H and O–H groups in total. The fourth-order valence-electron chi connectivity index (χ4n) is 7.54. The number of aliphatic hydroxyl groups is 1. The van der Waals surface area contributed by atoms with E-state index in [0.717, 1.165) is 70.6 Å². The minimum atomic E-state index is -4.36. The number of quaternary nitrogens is 1. The molecule has 0 heterocycles. The van der Waals surface area contributed by atoms with Crippen molar-refractivity contribution in [2.45, 2.75) is 238 Å². The summed E-state index contributed by atoms with van der Waals surface area (Å²) < 4.78 is 23.6. The summed E-state index contributed by atoms with van der Waals surface area (Å²) in [5.74, 6) is -0.193. The summed E-state index contributed by atoms with van der Waals surface area (Å²) in [5, 5.41) is 13.9. The van der Waals surface area contributed by atoms with Crippen molar-refractivity contribution in [1.29, 1.82) is 0 Å². The van der Waals surface area contributed by atoms with Crippen LogP contribution in [0.3, 0.4) is 0 Å². The Morgan fingerprint density at radius 2 is 0.910 bits per heavy atom. The Kier molecular flexibility index (Phi) is 47.0. The molecule has 3 unspecified atom stereocenters. The number of carbonyl (C=O) groups is 1. The van der Waals surface area contributed by atoms with Gasteiger partial charge in [-0.05, 0) is 83.5 Å². The van der Waals surface area contributed by atoms with E-state index in [9.17, 15) is 19.4 Å². The highest BCUT2D eigenvalue weighted by Gasteiger charge is 2.27. The van der Waals surface area contributed by atoms with Crippen LogP contribution >= 0.6 is 7.82 Å². The van der Waals surface area contributed by atoms with Crippen molar-refractivity contribution < 1.29 is 32.9 Å². The van der Waals surface area contributed by atoms with Crippen LogP contribution in [0, 0.1) is 0 Å². The Balaban J connectivity index is 4.20. The molecule has 0 rings (SSSR count). The minimum Gasteiger partial charge on any atom is -0.387 e. The lowest BCUT2D eigenvalue weighted by Gasteiger charge is -2.25. The quantitative estimate of drug-likeness (QED) is 0.0243. The topological polar surface area (TPSA) is 105 Å². The summed E-state index contributed by atoms with van der Waals surface area (Å²) in [6.07, 6.45) is 68.2. The highest BCUT2D eigenvalue weighted by Crippen LogP contribution is 2.43. The molecule has 3 atom stereocenters. The Morgan fingerprint density at radius 3 is 1.37 bits per heavy atom. The monoisotopic (exact) mass is 958 g/mol. The van der Waals surface area contributed by atoms with E-state index in [1.165, 1.54) is 135 Å². The lowest BCUT2D eigenvalue weighted by atomic mass is 10.0. The second-order valence-corrected chi connectivity index (χ2v) is 21.0. The largest absolute Gasteiger partial charge is 0.472 e. The summed E-state index contributed by atoms with van der Waals surface area (Å²) in [5.41, 5.74) is 0. The van der Waals surface area contributed by atoms with Crippen LogP contribution in [-0.4, -0.2) is 73.4 Å². The van der Waals surface area contributed by atoms with Gasteiger partial charge >= 0.3 is 7.82 Å². The normalized spacial score (nSPS) is 14.7. The summed E-state index contributed by atoms with van der Waals surface area (Å²) in [6.45, 7) is 4.66. The lowest BCUT2D eigenvalue weighted by Crippen LogP contribution is -2.45. The van der Waals surface area contributed by atoms with Crippen LogP contribution in [0.1, 0.15) is 226 Å². The molecule has 0 aromatic rings. The average molecular weight is 958 g/mol. The molecular weight excluding hydrogens is 852 g/mol. The molecule has 0 spiro atoms. The number of carbonyl (C=O) groups excluding carboxylic acids is 1. The first-order valence-corrected chi connectivity index (χ1v) is 29.0. The van der Waals surface area contributed by atoms with Crippen LogP contribution < -0.4 is 5.32 Å². The standard InChI is InChI=1S/C58H105N2O6P/c1-6-8-10-12-14-16-18-20-22-24-25-26-27-28-29-30-31-32-33-34-35-36-38-40-42-44-46-48-50-52-58(62)59-56(55-66-67(63,64)65-54-53-60(3,4)5)57(61)51-49-47-45-43-41-39-37-23-21-19-17-15-13-11-9-7-2/h8,10,14,16,20-23,25-26,41,43,49,51,56-57,61H,6-7,9,11-13,15,17-19,24,27-40,42,44-48,50,52-55H2,1-5H3,(H-,59,62,63,64)/p+1/b10-8-,16-14-,22-20-,23-21+,26-25-,43-41+,51-49+. The highest BCUT2D eigenvalue weighted by atomic mass is 31.2. The number of amides is 1. The van der Waals surface area contributed by atoms with Crippen LogP contribution in [0.25, 0.3) is 0 Å². The molecule has 0 saturated carbocycles. The molecule has 0 fully saturated rings. The molecule has 1 amide bonds. The fourth-order valence-corrected chi connectivity index (χ4v) is 8.27. The summed E-state index contributed by atoms with van der Waals surface area (Å²) >= 11 is 0. The first kappa shape index (κ1) is 64.7. The van der Waals surface area contributed by atoms with Crippen LogP contribution in [0.5, 0.6) is 0 Å². The number of nitrogens with zero attached hydrogens (tertiary/aromatic N) is 1. The third-order valence-electron chi connectivity index (χ3n) is 11.8. The molecule has 0 radical (unpaired) electrons. The van der Waals surface area contributed by atoms with Gasteiger partial charge in [0.15, 0.2) is 0 Å². The maximum atomic E-state index is 13.0. The van der Waals surface area contributed by atoms with Gasteiger partial charge in [-0.15, -0.1) is 0 Å². The number of phosphoric acid groups is 1. The Hall–Kier alpha value is -2.32. The number of nitrogens with one attached hydrogen (secondary N) is 1. The molecule has 0 aliphatic carbocycles. The maximum absolute atomic E-state index is 13.0. The van der Waals surface area contributed by atoms with E-state index in [1.54, 1.807) is 6.08 Å². The molecule has 0 aliphatic heterocycles. The van der Waals surface area contributed by atoms with Gasteiger partial charge in [0.1, 0.15) is 13.2 Å². The second kappa shape index (κ2) is 48.7. The number of likely N-dealkylation sites (N-methyl/N-ethyl adjacent to an activating group) is 1. The van der Waals surface area contributed by atoms with Crippen molar-refractivity contribution in [1.82, 2.24) is 5.32 Å². The van der Waals surface area contributed by atoms with Gasteiger partial charge in [0.2, 0.25) is 5.91 Å². The van der Waals surface area contributed by atoms with E-state index in [2.05, 4.69) is 92.1 Å². The fraction of sp³-hybridized carbons (Fsp3) is 0.741. The van der Waals surface area contributed by atoms with Crippen LogP contribution in [0.2, 0.25) is 0 Å². The molecule has 0 saturated heterocycles. The van der Waals surface area contributed by atoms with Crippen LogP contribution in [0.4, 0.5) is 0 Å². The van der Waals surface area contributed by atoms with E-state index in [1.807, 2.05) is 27.2 Å². The number of aliphatic hydroxyl groups excluding tert-OH is 1. The molecule has 388 valence electrons. The third kappa shape index (κ3) is 51.4. The van der Waals surface area contributed by atoms with Crippen molar-refractivity contribution in [3.63, 3.8) is 0 Å². The molecule has 67 heavy (non-hydrogen) atoms. The van der Waals surface area contributed by atoms with Gasteiger partial charge in [-0.2, -0.15) is 0 Å².